The quantitative estimate of drug-likeness (QED) is 0.611. The number of carbonyl (C=O) groups is 1. The summed E-state index contributed by atoms with van der Waals surface area (Å²) in [6.07, 6.45) is -0.386. The van der Waals surface area contributed by atoms with Crippen LogP contribution in [0.25, 0.3) is 0 Å². The van der Waals surface area contributed by atoms with Gasteiger partial charge in [-0.25, -0.2) is 8.42 Å². The van der Waals surface area contributed by atoms with Gasteiger partial charge in [-0.05, 0) is 56.3 Å². The summed E-state index contributed by atoms with van der Waals surface area (Å²) in [5.41, 5.74) is 0.117. The van der Waals surface area contributed by atoms with Crippen LogP contribution in [0.1, 0.15) is 13.8 Å². The van der Waals surface area contributed by atoms with Gasteiger partial charge in [0.15, 0.2) is 0 Å². The molecule has 26 heavy (non-hydrogen) atoms. The molecule has 0 saturated carbocycles. The lowest BCUT2D eigenvalue weighted by Gasteiger charge is -2.25. The molecule has 0 heterocycles. The summed E-state index contributed by atoms with van der Waals surface area (Å²) in [6, 6.07) is 9.91. The molecule has 2 aromatic rings. The standard InChI is InChI=1S/C17H16Cl3NO4S/c1-11(2)25-17(22)10-21(16-8-5-13(19)9-15(16)20)26(23,24)14-6-3-12(18)4-7-14/h3-9,11H,10H2,1-2H3. The zero-order valence-corrected chi connectivity index (χ0v) is 17.0. The van der Waals surface area contributed by atoms with Crippen LogP contribution >= 0.6 is 34.8 Å². The van der Waals surface area contributed by atoms with E-state index < -0.39 is 22.5 Å². The Bertz CT molecular complexity index is 899. The van der Waals surface area contributed by atoms with Gasteiger partial charge >= 0.3 is 5.97 Å². The third kappa shape index (κ3) is 5.04. The fraction of sp³-hybridized carbons (Fsp3) is 0.235. The van der Waals surface area contributed by atoms with Gasteiger partial charge in [0, 0.05) is 10.0 Å². The molecule has 9 heteroatoms. The smallest absolute Gasteiger partial charge is 0.327 e. The second-order valence-corrected chi connectivity index (χ2v) is 8.74. The van der Waals surface area contributed by atoms with E-state index in [-0.39, 0.29) is 21.7 Å². The highest BCUT2D eigenvalue weighted by Crippen LogP contribution is 2.33. The Kier molecular flexibility index (Phi) is 6.80. The number of hydrogen-bond donors (Lipinski definition) is 0. The van der Waals surface area contributed by atoms with Crippen molar-refractivity contribution in [1.29, 1.82) is 0 Å². The maximum atomic E-state index is 13.1. The van der Waals surface area contributed by atoms with Crippen molar-refractivity contribution in [3.05, 3.63) is 57.5 Å². The first-order chi connectivity index (χ1) is 12.1. The van der Waals surface area contributed by atoms with Gasteiger partial charge in [0.05, 0.1) is 21.7 Å². The van der Waals surface area contributed by atoms with Crippen LogP contribution < -0.4 is 4.31 Å². The molecule has 0 aliphatic rings. The molecule has 0 aromatic heterocycles. The van der Waals surface area contributed by atoms with Crippen molar-refractivity contribution in [1.82, 2.24) is 0 Å². The van der Waals surface area contributed by atoms with Crippen LogP contribution in [0.3, 0.4) is 0 Å². The van der Waals surface area contributed by atoms with Crippen LogP contribution in [0.5, 0.6) is 0 Å². The highest BCUT2D eigenvalue weighted by Gasteiger charge is 2.29. The summed E-state index contributed by atoms with van der Waals surface area (Å²) >= 11 is 17.9. The molecule has 0 N–H and O–H groups in total. The van der Waals surface area contributed by atoms with E-state index >= 15 is 0 Å². The zero-order chi connectivity index (χ0) is 19.5. The number of halogens is 3. The summed E-state index contributed by atoms with van der Waals surface area (Å²) in [5, 5.41) is 0.818. The van der Waals surface area contributed by atoms with E-state index in [4.69, 9.17) is 39.5 Å². The Morgan fingerprint density at radius 2 is 1.62 bits per heavy atom. The average molecular weight is 437 g/mol. The molecule has 0 radical (unpaired) electrons. The normalized spacial score (nSPS) is 11.5. The molecule has 0 atom stereocenters. The number of hydrogen-bond acceptors (Lipinski definition) is 4. The first-order valence-corrected chi connectivity index (χ1v) is 10.1. The Hall–Kier alpha value is -1.47. The van der Waals surface area contributed by atoms with Crippen LogP contribution in [-0.2, 0) is 19.6 Å². The number of ether oxygens (including phenoxy) is 1. The Balaban J connectivity index is 2.52. The molecule has 0 bridgehead atoms. The highest BCUT2D eigenvalue weighted by molar-refractivity contribution is 7.92. The second kappa shape index (κ2) is 8.48. The number of benzene rings is 2. The minimum Gasteiger partial charge on any atom is -0.462 e. The molecule has 2 rings (SSSR count). The summed E-state index contributed by atoms with van der Waals surface area (Å²) in [6.45, 7) is 2.81. The number of sulfonamides is 1. The number of carbonyl (C=O) groups excluding carboxylic acids is 1. The first kappa shape index (κ1) is 20.8. The van der Waals surface area contributed by atoms with E-state index in [1.807, 2.05) is 0 Å². The van der Waals surface area contributed by atoms with Crippen LogP contribution in [-0.4, -0.2) is 27.0 Å². The molecule has 0 aliphatic heterocycles. The maximum Gasteiger partial charge on any atom is 0.327 e. The monoisotopic (exact) mass is 435 g/mol. The van der Waals surface area contributed by atoms with Gasteiger partial charge in [-0.1, -0.05) is 34.8 Å². The van der Waals surface area contributed by atoms with Gasteiger partial charge in [0.2, 0.25) is 0 Å². The summed E-state index contributed by atoms with van der Waals surface area (Å²) < 4.78 is 32.1. The number of esters is 1. The number of nitrogens with zero attached hydrogens (tertiary/aromatic N) is 1. The third-order valence-corrected chi connectivity index (χ3v) is 5.78. The van der Waals surface area contributed by atoms with Gasteiger partial charge in [-0.3, -0.25) is 9.10 Å². The second-order valence-electron chi connectivity index (χ2n) is 5.60. The summed E-state index contributed by atoms with van der Waals surface area (Å²) in [5.74, 6) is -0.705. The molecule has 5 nitrogen and oxygen atoms in total. The molecule has 0 fully saturated rings. The van der Waals surface area contributed by atoms with Crippen LogP contribution in [0.2, 0.25) is 15.1 Å². The van der Waals surface area contributed by atoms with Crippen molar-refractivity contribution in [2.24, 2.45) is 0 Å². The van der Waals surface area contributed by atoms with Gasteiger partial charge in [-0.2, -0.15) is 0 Å². The fourth-order valence-electron chi connectivity index (χ4n) is 2.13. The molecule has 2 aromatic carbocycles. The average Bonchev–Trinajstić information content (AvgIpc) is 2.53. The van der Waals surface area contributed by atoms with Crippen molar-refractivity contribution in [2.75, 3.05) is 10.8 Å². The zero-order valence-electron chi connectivity index (χ0n) is 13.9. The molecular weight excluding hydrogens is 421 g/mol. The van der Waals surface area contributed by atoms with Crippen molar-refractivity contribution in [2.45, 2.75) is 24.8 Å². The van der Waals surface area contributed by atoms with Crippen LogP contribution in [0.15, 0.2) is 47.4 Å². The first-order valence-electron chi connectivity index (χ1n) is 7.54. The number of rotatable bonds is 6. The Labute approximate surface area is 167 Å². The summed E-state index contributed by atoms with van der Waals surface area (Å²) in [4.78, 5) is 12.1. The highest BCUT2D eigenvalue weighted by atomic mass is 35.5. The SMILES string of the molecule is CC(C)OC(=O)CN(c1ccc(Cl)cc1Cl)S(=O)(=O)c1ccc(Cl)cc1. The minimum absolute atomic E-state index is 0.0368. The van der Waals surface area contributed by atoms with Crippen LogP contribution in [0, 0.1) is 0 Å². The van der Waals surface area contributed by atoms with Crippen molar-refractivity contribution >= 4 is 56.5 Å². The largest absolute Gasteiger partial charge is 0.462 e. The van der Waals surface area contributed by atoms with Crippen molar-refractivity contribution in [3.8, 4) is 0 Å². The molecule has 140 valence electrons. The fourth-order valence-corrected chi connectivity index (χ4v) is 4.25. The van der Waals surface area contributed by atoms with Crippen molar-refractivity contribution < 1.29 is 17.9 Å². The lowest BCUT2D eigenvalue weighted by molar-refractivity contribution is -0.145. The predicted octanol–water partition coefficient (Wildman–Crippen LogP) is 4.79. The summed E-state index contributed by atoms with van der Waals surface area (Å²) in [7, 11) is -4.09. The van der Waals surface area contributed by atoms with E-state index in [1.165, 1.54) is 42.5 Å². The Morgan fingerprint density at radius 3 is 2.15 bits per heavy atom. The predicted molar refractivity (Wildman–Crippen MR) is 104 cm³/mol. The van der Waals surface area contributed by atoms with E-state index in [0.29, 0.717) is 10.0 Å². The maximum absolute atomic E-state index is 13.1. The minimum atomic E-state index is -4.09. The lowest BCUT2D eigenvalue weighted by atomic mass is 10.3. The number of anilines is 1. The van der Waals surface area contributed by atoms with Gasteiger partial charge in [0.25, 0.3) is 10.0 Å². The Morgan fingerprint density at radius 1 is 1.04 bits per heavy atom. The topological polar surface area (TPSA) is 63.7 Å². The van der Waals surface area contributed by atoms with E-state index in [0.717, 1.165) is 4.31 Å². The third-order valence-electron chi connectivity index (χ3n) is 3.22. The molecule has 0 saturated heterocycles. The van der Waals surface area contributed by atoms with E-state index in [9.17, 15) is 13.2 Å². The molecule has 0 aliphatic carbocycles. The molecular formula is C17H16Cl3NO4S. The molecule has 0 spiro atoms. The van der Waals surface area contributed by atoms with Gasteiger partial charge < -0.3 is 4.74 Å². The van der Waals surface area contributed by atoms with E-state index in [1.54, 1.807) is 13.8 Å². The van der Waals surface area contributed by atoms with Crippen molar-refractivity contribution in [3.63, 3.8) is 0 Å². The van der Waals surface area contributed by atoms with Gasteiger partial charge in [0.1, 0.15) is 6.54 Å². The molecule has 0 unspecified atom stereocenters. The molecule has 0 amide bonds. The lowest BCUT2D eigenvalue weighted by Crippen LogP contribution is -2.37. The van der Waals surface area contributed by atoms with Crippen LogP contribution in [0.4, 0.5) is 5.69 Å². The van der Waals surface area contributed by atoms with Gasteiger partial charge in [-0.15, -0.1) is 0 Å². The van der Waals surface area contributed by atoms with E-state index in [2.05, 4.69) is 0 Å².